The number of benzene rings is 2. The summed E-state index contributed by atoms with van der Waals surface area (Å²) in [6.07, 6.45) is 4.98. The predicted octanol–water partition coefficient (Wildman–Crippen LogP) is 4.63. The van der Waals surface area contributed by atoms with Crippen molar-refractivity contribution < 1.29 is 0 Å². The summed E-state index contributed by atoms with van der Waals surface area (Å²) in [5, 5.41) is 18.1. The first-order chi connectivity index (χ1) is 14.1. The maximum atomic E-state index is 4.83. The van der Waals surface area contributed by atoms with Crippen LogP contribution >= 0.6 is 24.0 Å². The first-order valence-corrected chi connectivity index (χ1v) is 10.5. The molecule has 30 heavy (non-hydrogen) atoms. The molecule has 1 saturated carbocycles. The van der Waals surface area contributed by atoms with E-state index in [1.165, 1.54) is 42.0 Å². The van der Waals surface area contributed by atoms with Gasteiger partial charge in [0.2, 0.25) is 0 Å². The van der Waals surface area contributed by atoms with Crippen LogP contribution in [-0.4, -0.2) is 26.8 Å². The number of rotatable bonds is 5. The third-order valence-electron chi connectivity index (χ3n) is 5.88. The van der Waals surface area contributed by atoms with Gasteiger partial charge in [0.05, 0.1) is 6.04 Å². The van der Waals surface area contributed by atoms with E-state index in [0.717, 1.165) is 17.6 Å². The zero-order chi connectivity index (χ0) is 20.2. The fourth-order valence-corrected chi connectivity index (χ4v) is 3.90. The molecule has 1 unspecified atom stereocenters. The molecule has 0 amide bonds. The average molecular weight is 518 g/mol. The van der Waals surface area contributed by atoms with Crippen LogP contribution in [0.5, 0.6) is 0 Å². The van der Waals surface area contributed by atoms with Crippen LogP contribution < -0.4 is 10.6 Å². The molecule has 1 heterocycles. The van der Waals surface area contributed by atoms with E-state index in [9.17, 15) is 0 Å². The molecule has 1 aromatic heterocycles. The maximum absolute atomic E-state index is 4.83. The van der Waals surface area contributed by atoms with Gasteiger partial charge in [-0.2, -0.15) is 0 Å². The van der Waals surface area contributed by atoms with Crippen molar-refractivity contribution in [2.45, 2.75) is 58.2 Å². The largest absolute Gasteiger partial charge is 0.354 e. The fraction of sp³-hybridized carbons (Fsp3) is 0.435. The van der Waals surface area contributed by atoms with Crippen molar-refractivity contribution in [2.24, 2.45) is 12.0 Å². The van der Waals surface area contributed by atoms with E-state index in [4.69, 9.17) is 4.99 Å². The first-order valence-electron chi connectivity index (χ1n) is 10.5. The summed E-state index contributed by atoms with van der Waals surface area (Å²) < 4.78 is 1.99. The minimum Gasteiger partial charge on any atom is -0.354 e. The SMILES string of the molecule is Cc1nnc(CN=C(NC2CCCC2)NC(C)c2ccc3ccccc3c2)n1C.I. The van der Waals surface area contributed by atoms with Gasteiger partial charge in [-0.1, -0.05) is 49.2 Å². The lowest BCUT2D eigenvalue weighted by molar-refractivity contribution is 0.592. The van der Waals surface area contributed by atoms with E-state index < -0.39 is 0 Å². The Balaban J connectivity index is 0.00000256. The lowest BCUT2D eigenvalue weighted by atomic mass is 10.0. The number of hydrogen-bond donors (Lipinski definition) is 2. The predicted molar refractivity (Wildman–Crippen MR) is 133 cm³/mol. The van der Waals surface area contributed by atoms with Crippen molar-refractivity contribution in [1.29, 1.82) is 0 Å². The average Bonchev–Trinajstić information content (AvgIpc) is 3.36. The Morgan fingerprint density at radius 2 is 1.87 bits per heavy atom. The molecule has 1 aliphatic carbocycles. The van der Waals surface area contributed by atoms with Crippen LogP contribution in [0.1, 0.15) is 55.9 Å². The number of hydrogen-bond acceptors (Lipinski definition) is 3. The molecule has 1 aliphatic rings. The molecule has 0 spiro atoms. The van der Waals surface area contributed by atoms with E-state index in [2.05, 4.69) is 70.2 Å². The summed E-state index contributed by atoms with van der Waals surface area (Å²) in [6.45, 7) is 4.64. The number of guanidine groups is 1. The smallest absolute Gasteiger partial charge is 0.192 e. The summed E-state index contributed by atoms with van der Waals surface area (Å²) in [5.41, 5.74) is 1.25. The van der Waals surface area contributed by atoms with Gasteiger partial charge in [-0.05, 0) is 49.1 Å². The van der Waals surface area contributed by atoms with E-state index in [-0.39, 0.29) is 30.0 Å². The van der Waals surface area contributed by atoms with Gasteiger partial charge in [-0.25, -0.2) is 4.99 Å². The molecule has 6 nitrogen and oxygen atoms in total. The summed E-state index contributed by atoms with van der Waals surface area (Å²) >= 11 is 0. The lowest BCUT2D eigenvalue weighted by Gasteiger charge is -2.22. The molecule has 4 rings (SSSR count). The standard InChI is InChI=1S/C23H30N6.HI/c1-16(19-13-12-18-8-4-5-9-20(18)14-19)25-23(26-21-10-6-7-11-21)24-15-22-28-27-17(2)29(22)3;/h4-5,8-9,12-14,16,21H,6-7,10-11,15H2,1-3H3,(H2,24,25,26);1H. The zero-order valence-electron chi connectivity index (χ0n) is 17.9. The Morgan fingerprint density at radius 1 is 1.13 bits per heavy atom. The molecular weight excluding hydrogens is 487 g/mol. The van der Waals surface area contributed by atoms with Crippen molar-refractivity contribution in [3.8, 4) is 0 Å². The monoisotopic (exact) mass is 518 g/mol. The molecule has 3 aromatic rings. The first kappa shape index (κ1) is 22.5. The van der Waals surface area contributed by atoms with E-state index in [0.29, 0.717) is 12.6 Å². The number of halogens is 1. The third kappa shape index (κ3) is 5.30. The second-order valence-corrected chi connectivity index (χ2v) is 7.99. The topological polar surface area (TPSA) is 67.1 Å². The van der Waals surface area contributed by atoms with Crippen LogP contribution in [-0.2, 0) is 13.6 Å². The van der Waals surface area contributed by atoms with Crippen molar-refractivity contribution >= 4 is 40.7 Å². The third-order valence-corrected chi connectivity index (χ3v) is 5.88. The number of aliphatic imine (C=N–C) groups is 1. The van der Waals surface area contributed by atoms with Crippen molar-refractivity contribution in [2.75, 3.05) is 0 Å². The molecular formula is C23H31IN6. The van der Waals surface area contributed by atoms with Crippen molar-refractivity contribution in [3.05, 3.63) is 59.7 Å². The van der Waals surface area contributed by atoms with Gasteiger partial charge in [-0.15, -0.1) is 34.2 Å². The van der Waals surface area contributed by atoms with Gasteiger partial charge in [0.15, 0.2) is 11.8 Å². The molecule has 2 N–H and O–H groups in total. The van der Waals surface area contributed by atoms with E-state index in [1.807, 2.05) is 18.5 Å². The molecule has 160 valence electrons. The van der Waals surface area contributed by atoms with Crippen molar-refractivity contribution in [1.82, 2.24) is 25.4 Å². The Bertz CT molecular complexity index is 1010. The highest BCUT2D eigenvalue weighted by Crippen LogP contribution is 2.21. The summed E-state index contributed by atoms with van der Waals surface area (Å²) in [7, 11) is 1.98. The number of nitrogens with zero attached hydrogens (tertiary/aromatic N) is 4. The molecule has 0 saturated heterocycles. The van der Waals surface area contributed by atoms with Gasteiger partial charge in [-0.3, -0.25) is 0 Å². The van der Waals surface area contributed by atoms with Gasteiger partial charge < -0.3 is 15.2 Å². The zero-order valence-corrected chi connectivity index (χ0v) is 20.3. The van der Waals surface area contributed by atoms with Crippen LogP contribution in [0.2, 0.25) is 0 Å². The number of fused-ring (bicyclic) bond motifs is 1. The van der Waals surface area contributed by atoms with Crippen LogP contribution in [0.3, 0.4) is 0 Å². The molecule has 2 aromatic carbocycles. The second kappa shape index (κ2) is 10.2. The molecule has 1 atom stereocenters. The Kier molecular flexibility index (Phi) is 7.69. The number of aromatic nitrogens is 3. The fourth-order valence-electron chi connectivity index (χ4n) is 3.90. The summed E-state index contributed by atoms with van der Waals surface area (Å²) in [5.74, 6) is 2.62. The summed E-state index contributed by atoms with van der Waals surface area (Å²) in [6, 6.07) is 15.7. The van der Waals surface area contributed by atoms with E-state index >= 15 is 0 Å². The highest BCUT2D eigenvalue weighted by atomic mass is 127. The van der Waals surface area contributed by atoms with Gasteiger partial charge >= 0.3 is 0 Å². The van der Waals surface area contributed by atoms with Crippen LogP contribution in [0, 0.1) is 6.92 Å². The van der Waals surface area contributed by atoms with Crippen molar-refractivity contribution in [3.63, 3.8) is 0 Å². The maximum Gasteiger partial charge on any atom is 0.192 e. The Morgan fingerprint density at radius 3 is 2.57 bits per heavy atom. The Labute approximate surface area is 195 Å². The van der Waals surface area contributed by atoms with Crippen LogP contribution in [0.4, 0.5) is 0 Å². The highest BCUT2D eigenvalue weighted by Gasteiger charge is 2.18. The molecule has 0 bridgehead atoms. The highest BCUT2D eigenvalue weighted by molar-refractivity contribution is 14.0. The van der Waals surface area contributed by atoms with Gasteiger partial charge in [0, 0.05) is 13.1 Å². The van der Waals surface area contributed by atoms with Gasteiger partial charge in [0.1, 0.15) is 12.4 Å². The minimum atomic E-state index is 0. The summed E-state index contributed by atoms with van der Waals surface area (Å²) in [4.78, 5) is 4.83. The molecule has 0 aliphatic heterocycles. The quantitative estimate of drug-likeness (QED) is 0.294. The lowest BCUT2D eigenvalue weighted by Crippen LogP contribution is -2.43. The van der Waals surface area contributed by atoms with Gasteiger partial charge in [0.25, 0.3) is 0 Å². The number of aryl methyl sites for hydroxylation is 1. The van der Waals surface area contributed by atoms with Crippen LogP contribution in [0.25, 0.3) is 10.8 Å². The normalized spacial score (nSPS) is 15.8. The van der Waals surface area contributed by atoms with E-state index in [1.54, 1.807) is 0 Å². The second-order valence-electron chi connectivity index (χ2n) is 7.99. The van der Waals surface area contributed by atoms with Crippen LogP contribution in [0.15, 0.2) is 47.5 Å². The Hall–Kier alpha value is -2.16. The molecule has 1 fully saturated rings. The minimum absolute atomic E-state index is 0. The number of nitrogens with one attached hydrogen (secondary N) is 2. The molecule has 7 heteroatoms. The molecule has 0 radical (unpaired) electrons.